The van der Waals surface area contributed by atoms with Crippen molar-refractivity contribution in [2.24, 2.45) is 5.92 Å². The van der Waals surface area contributed by atoms with Crippen LogP contribution in [0, 0.1) is 5.92 Å². The predicted octanol–water partition coefficient (Wildman–Crippen LogP) is -0.0753. The molecule has 9 heteroatoms. The van der Waals surface area contributed by atoms with Crippen molar-refractivity contribution in [3.63, 3.8) is 0 Å². The Morgan fingerprint density at radius 3 is 2.57 bits per heavy atom. The molecule has 0 bridgehead atoms. The first kappa shape index (κ1) is 19.2. The lowest BCUT2D eigenvalue weighted by molar-refractivity contribution is -0.136. The van der Waals surface area contributed by atoms with Gasteiger partial charge in [0.05, 0.1) is 13.2 Å². The van der Waals surface area contributed by atoms with Crippen LogP contribution in [0.5, 0.6) is 0 Å². The Hall–Kier alpha value is -2.13. The molecule has 1 aromatic rings. The lowest BCUT2D eigenvalue weighted by Gasteiger charge is -2.33. The molecule has 2 amide bonds. The molecule has 2 aliphatic heterocycles. The quantitative estimate of drug-likeness (QED) is 0.602. The normalized spacial score (nSPS) is 25.8. The average Bonchev–Trinajstić information content (AvgIpc) is 3.30. The summed E-state index contributed by atoms with van der Waals surface area (Å²) in [5, 5.41) is 2.93. The highest BCUT2D eigenvalue weighted by molar-refractivity contribution is 5.91. The Bertz CT molecular complexity index is 750. The Kier molecular flexibility index (Phi) is 5.82. The first-order chi connectivity index (χ1) is 13.6. The van der Waals surface area contributed by atoms with Crippen molar-refractivity contribution in [3.8, 4) is 0 Å². The number of H-pyrrole nitrogens is 2. The number of carbonyl (C=O) groups is 2. The van der Waals surface area contributed by atoms with Gasteiger partial charge in [-0.3, -0.25) is 14.5 Å². The monoisotopic (exact) mass is 391 g/mol. The topological polar surface area (TPSA) is 111 Å². The number of imidazole rings is 1. The molecular weight excluding hydrogens is 362 g/mol. The number of aromatic nitrogens is 2. The van der Waals surface area contributed by atoms with Gasteiger partial charge in [-0.15, -0.1) is 0 Å². The molecule has 2 saturated heterocycles. The van der Waals surface area contributed by atoms with Crippen molar-refractivity contribution in [2.45, 2.75) is 44.2 Å². The minimum atomic E-state index is -0.386. The second-order valence-corrected chi connectivity index (χ2v) is 8.09. The lowest BCUT2D eigenvalue weighted by Crippen LogP contribution is -2.47. The van der Waals surface area contributed by atoms with Crippen LogP contribution in [0.4, 0.5) is 0 Å². The largest absolute Gasteiger partial charge is 0.378 e. The third kappa shape index (κ3) is 4.64. The third-order valence-electron chi connectivity index (χ3n) is 6.05. The molecule has 3 fully saturated rings. The van der Waals surface area contributed by atoms with Crippen molar-refractivity contribution in [1.29, 1.82) is 0 Å². The van der Waals surface area contributed by atoms with E-state index in [1.54, 1.807) is 0 Å². The highest BCUT2D eigenvalue weighted by Gasteiger charge is 2.38. The van der Waals surface area contributed by atoms with Crippen molar-refractivity contribution < 1.29 is 14.3 Å². The van der Waals surface area contributed by atoms with Crippen LogP contribution in [0.1, 0.15) is 42.6 Å². The van der Waals surface area contributed by atoms with E-state index >= 15 is 0 Å². The summed E-state index contributed by atoms with van der Waals surface area (Å²) in [5.41, 5.74) is -0.140. The zero-order valence-corrected chi connectivity index (χ0v) is 16.1. The van der Waals surface area contributed by atoms with E-state index in [1.165, 1.54) is 19.0 Å². The molecule has 1 aromatic heterocycles. The molecule has 3 aliphatic rings. The van der Waals surface area contributed by atoms with Gasteiger partial charge in [0, 0.05) is 50.9 Å². The van der Waals surface area contributed by atoms with E-state index in [9.17, 15) is 14.4 Å². The summed E-state index contributed by atoms with van der Waals surface area (Å²) in [4.78, 5) is 45.4. The number of amides is 2. The fourth-order valence-corrected chi connectivity index (χ4v) is 4.25. The molecule has 0 radical (unpaired) electrons. The van der Waals surface area contributed by atoms with Crippen molar-refractivity contribution in [2.75, 3.05) is 39.4 Å². The maximum absolute atomic E-state index is 12.7. The van der Waals surface area contributed by atoms with E-state index < -0.39 is 0 Å². The van der Waals surface area contributed by atoms with Gasteiger partial charge in [-0.1, -0.05) is 0 Å². The number of ether oxygens (including phenoxy) is 1. The van der Waals surface area contributed by atoms with Crippen LogP contribution < -0.4 is 11.0 Å². The van der Waals surface area contributed by atoms with Gasteiger partial charge in [0.2, 0.25) is 5.91 Å². The first-order valence-electron chi connectivity index (χ1n) is 10.3. The number of likely N-dealkylation sites (tertiary alicyclic amines) is 1. The molecule has 1 saturated carbocycles. The minimum absolute atomic E-state index is 0.212. The molecule has 0 unspecified atom stereocenters. The third-order valence-corrected chi connectivity index (χ3v) is 6.05. The SMILES string of the molecule is O=C(NC[C@@H]1CC[C@H](CC(=O)N2CCOCC2)N1CC1CC1)c1c[nH]c(=O)[nH]1. The van der Waals surface area contributed by atoms with E-state index in [0.29, 0.717) is 39.3 Å². The van der Waals surface area contributed by atoms with Crippen LogP contribution in [0.2, 0.25) is 0 Å². The summed E-state index contributed by atoms with van der Waals surface area (Å²) in [5.74, 6) is 0.652. The van der Waals surface area contributed by atoms with Gasteiger partial charge in [-0.05, 0) is 31.6 Å². The van der Waals surface area contributed by atoms with Gasteiger partial charge in [-0.2, -0.15) is 0 Å². The summed E-state index contributed by atoms with van der Waals surface area (Å²) in [6, 6.07) is 0.475. The van der Waals surface area contributed by atoms with E-state index in [4.69, 9.17) is 4.74 Å². The zero-order chi connectivity index (χ0) is 19.5. The van der Waals surface area contributed by atoms with Crippen LogP contribution >= 0.6 is 0 Å². The second-order valence-electron chi connectivity index (χ2n) is 8.09. The summed E-state index contributed by atoms with van der Waals surface area (Å²) in [6.45, 7) is 4.14. The van der Waals surface area contributed by atoms with Crippen molar-refractivity contribution in [3.05, 3.63) is 22.4 Å². The molecule has 4 rings (SSSR count). The van der Waals surface area contributed by atoms with Crippen LogP contribution in [-0.4, -0.2) is 83.1 Å². The maximum Gasteiger partial charge on any atom is 0.323 e. The highest BCUT2D eigenvalue weighted by atomic mass is 16.5. The van der Waals surface area contributed by atoms with Gasteiger partial charge >= 0.3 is 5.69 Å². The number of rotatable bonds is 7. The summed E-state index contributed by atoms with van der Waals surface area (Å²) >= 11 is 0. The summed E-state index contributed by atoms with van der Waals surface area (Å²) in [6.07, 6.45) is 6.39. The zero-order valence-electron chi connectivity index (χ0n) is 16.1. The molecule has 2 atom stereocenters. The predicted molar refractivity (Wildman–Crippen MR) is 102 cm³/mol. The van der Waals surface area contributed by atoms with Gasteiger partial charge in [0.15, 0.2) is 0 Å². The first-order valence-corrected chi connectivity index (χ1v) is 10.3. The summed E-state index contributed by atoms with van der Waals surface area (Å²) < 4.78 is 5.34. The Balaban J connectivity index is 1.33. The van der Waals surface area contributed by atoms with Crippen molar-refractivity contribution in [1.82, 2.24) is 25.1 Å². The second kappa shape index (κ2) is 8.48. The molecule has 9 nitrogen and oxygen atoms in total. The van der Waals surface area contributed by atoms with Gasteiger partial charge in [0.25, 0.3) is 5.91 Å². The Morgan fingerprint density at radius 1 is 1.14 bits per heavy atom. The van der Waals surface area contributed by atoms with Crippen LogP contribution in [-0.2, 0) is 9.53 Å². The minimum Gasteiger partial charge on any atom is -0.378 e. The molecule has 28 heavy (non-hydrogen) atoms. The molecule has 3 N–H and O–H groups in total. The average molecular weight is 391 g/mol. The molecule has 0 spiro atoms. The van der Waals surface area contributed by atoms with Crippen LogP contribution in [0.15, 0.2) is 11.0 Å². The number of nitrogens with one attached hydrogen (secondary N) is 3. The number of nitrogens with zero attached hydrogens (tertiary/aromatic N) is 2. The van der Waals surface area contributed by atoms with E-state index in [2.05, 4.69) is 20.2 Å². The molecule has 3 heterocycles. The number of hydrogen-bond acceptors (Lipinski definition) is 5. The lowest BCUT2D eigenvalue weighted by atomic mass is 10.1. The van der Waals surface area contributed by atoms with Gasteiger partial charge in [-0.25, -0.2) is 4.79 Å². The molecule has 154 valence electrons. The highest BCUT2D eigenvalue weighted by Crippen LogP contribution is 2.35. The number of aromatic amines is 2. The Labute approximate surface area is 163 Å². The smallest absolute Gasteiger partial charge is 0.323 e. The standard InChI is InChI=1S/C19H29N5O4/c25-17(23-5-7-28-8-6-23)9-14-3-4-15(24(14)12-13-1-2-13)10-20-18(26)16-11-21-19(27)22-16/h11,13-15H,1-10,12H2,(H,20,26)(H2,21,22,27)/t14-,15+/m1/s1. The van der Waals surface area contributed by atoms with Crippen LogP contribution in [0.25, 0.3) is 0 Å². The van der Waals surface area contributed by atoms with Crippen molar-refractivity contribution >= 4 is 11.8 Å². The van der Waals surface area contributed by atoms with Crippen LogP contribution in [0.3, 0.4) is 0 Å². The Morgan fingerprint density at radius 2 is 1.89 bits per heavy atom. The maximum atomic E-state index is 12.7. The van der Waals surface area contributed by atoms with Gasteiger partial charge < -0.3 is 24.9 Å². The number of hydrogen-bond donors (Lipinski definition) is 3. The van der Waals surface area contributed by atoms with Gasteiger partial charge in [0.1, 0.15) is 5.69 Å². The summed E-state index contributed by atoms with van der Waals surface area (Å²) in [7, 11) is 0. The fraction of sp³-hybridized carbons (Fsp3) is 0.737. The fourth-order valence-electron chi connectivity index (χ4n) is 4.25. The molecular formula is C19H29N5O4. The number of carbonyl (C=O) groups excluding carboxylic acids is 2. The van der Waals surface area contributed by atoms with E-state index in [0.717, 1.165) is 25.3 Å². The van der Waals surface area contributed by atoms with E-state index in [1.807, 2.05) is 4.90 Å². The molecule has 0 aromatic carbocycles. The number of morpholine rings is 1. The molecule has 1 aliphatic carbocycles. The van der Waals surface area contributed by atoms with E-state index in [-0.39, 0.29) is 35.3 Å².